The summed E-state index contributed by atoms with van der Waals surface area (Å²) in [5.74, 6) is -15.6. The van der Waals surface area contributed by atoms with E-state index in [4.69, 9.17) is 17.2 Å². The largest absolute Gasteiger partial charge is 0.481 e. The van der Waals surface area contributed by atoms with Crippen molar-refractivity contribution >= 4 is 99.6 Å². The summed E-state index contributed by atoms with van der Waals surface area (Å²) < 4.78 is 0. The molecule has 0 aliphatic carbocycles. The minimum absolute atomic E-state index is 0.000584. The normalized spacial score (nSPS) is 22.8. The van der Waals surface area contributed by atoms with Crippen molar-refractivity contribution in [2.75, 3.05) is 18.8 Å². The Morgan fingerprint density at radius 2 is 1.28 bits per heavy atom. The number of carboxylic acids is 2. The van der Waals surface area contributed by atoms with Gasteiger partial charge in [0.2, 0.25) is 70.9 Å². The summed E-state index contributed by atoms with van der Waals surface area (Å²) in [5, 5.41) is 48.8. The van der Waals surface area contributed by atoms with Crippen molar-refractivity contribution in [2.24, 2.45) is 45.9 Å². The Hall–Kier alpha value is -9.05. The lowest BCUT2D eigenvalue weighted by Crippen LogP contribution is -2.62. The number of carbonyl (C=O) groups is 14. The molecule has 1 aromatic heterocycles. The number of carboxylic acid groups (broad SMARTS) is 2. The summed E-state index contributed by atoms with van der Waals surface area (Å²) in [5.41, 5.74) is 18.6. The summed E-state index contributed by atoms with van der Waals surface area (Å²) in [4.78, 5) is 206. The highest BCUT2D eigenvalue weighted by atomic mass is 32.2. The number of thioether (sulfide) groups is 1. The van der Waals surface area contributed by atoms with Gasteiger partial charge in [-0.25, -0.2) is 4.98 Å². The third kappa shape index (κ3) is 27.1. The average molecular weight is 1390 g/mol. The van der Waals surface area contributed by atoms with Gasteiger partial charge < -0.3 is 90.9 Å². The summed E-state index contributed by atoms with van der Waals surface area (Å²) >= 11 is 1.33. The molecule has 2 aliphatic rings. The molecule has 0 spiro atoms. The fraction of sp³-hybridized carbons (Fsp3) is 0.625. The van der Waals surface area contributed by atoms with Crippen LogP contribution in [0, 0.1) is 23.7 Å². The topological polar surface area (TPSA) is 531 Å². The lowest BCUT2D eigenvalue weighted by molar-refractivity contribution is -0.142. The summed E-state index contributed by atoms with van der Waals surface area (Å²) in [6.07, 6.45) is -0.663. The number of rotatable bonds is 29. The first-order chi connectivity index (χ1) is 46.3. The second-order valence-electron chi connectivity index (χ2n) is 25.7. The van der Waals surface area contributed by atoms with Crippen molar-refractivity contribution in [1.29, 1.82) is 0 Å². The van der Waals surface area contributed by atoms with Crippen molar-refractivity contribution in [3.8, 4) is 0 Å². The number of aliphatic carboxylic acids is 2. The Kier molecular flexibility index (Phi) is 33.7. The summed E-state index contributed by atoms with van der Waals surface area (Å²) in [6.45, 7) is 13.7. The van der Waals surface area contributed by atoms with Gasteiger partial charge in [0.15, 0.2) is 0 Å². The van der Waals surface area contributed by atoms with Crippen LogP contribution >= 0.6 is 11.8 Å². The molecule has 12 amide bonds. The van der Waals surface area contributed by atoms with Gasteiger partial charge in [0.25, 0.3) is 0 Å². The van der Waals surface area contributed by atoms with E-state index in [1.165, 1.54) is 24.3 Å². The smallest absolute Gasteiger partial charge is 0.305 e. The molecule has 1 aromatic carbocycles. The standard InChI is InChI=1S/C64H99N17O16S/c1-9-35(8)52-63(97)78-42(25-36-16-11-10-12-17-36)58(92)75-43(26-37-29-68-31-70-37)59(93)77-45(28-49(85)86)60(94)76-44(27-47(66)82)53(87)69-23-14-13-18-38(54(88)71-39(19-15-22-65)55(89)81-52)73-62(96)51(34(6)7)80-56(90)40(20-21-48(83)84)72-57(91)41(24-32(2)3)74-61(95)46-30-98-64(79-46)50(67)33(4)5/h10-12,16-17,29,31-35,38-46,50-52H,9,13-15,18-28,30,65,67H2,1-8H3,(H2,66,82)(H,68,70)(H,69,87)(H,71,88)(H,72,91)(H,73,96)(H,74,95)(H,75,92)(H,76,94)(H,77,93)(H,78,97)(H,80,90)(H,81,89)(H,83,84)(H,85,86)/t35-,38-,39+,40+,41-,42+,43-,44-,45+,46-,50-,51-,52-/m0/s1. The lowest BCUT2D eigenvalue weighted by atomic mass is 9.96. The molecule has 1 saturated heterocycles. The Morgan fingerprint density at radius 3 is 1.86 bits per heavy atom. The van der Waals surface area contributed by atoms with Gasteiger partial charge >= 0.3 is 11.9 Å². The van der Waals surface area contributed by atoms with Crippen LogP contribution in [0.3, 0.4) is 0 Å². The molecule has 542 valence electrons. The molecule has 2 aliphatic heterocycles. The van der Waals surface area contributed by atoms with Crippen molar-refractivity contribution in [3.05, 3.63) is 54.1 Å². The van der Waals surface area contributed by atoms with Crippen molar-refractivity contribution < 1.29 is 77.3 Å². The van der Waals surface area contributed by atoms with E-state index >= 15 is 0 Å². The predicted octanol–water partition coefficient (Wildman–Crippen LogP) is -2.46. The Labute approximate surface area is 573 Å². The van der Waals surface area contributed by atoms with Gasteiger partial charge in [-0.05, 0) is 80.7 Å². The second-order valence-corrected chi connectivity index (χ2v) is 26.7. The number of hydrogen-bond donors (Lipinski definition) is 17. The molecule has 33 nitrogen and oxygen atoms in total. The first kappa shape index (κ1) is 81.4. The molecule has 1 fully saturated rings. The minimum atomic E-state index is -1.94. The van der Waals surface area contributed by atoms with E-state index in [9.17, 15) is 77.3 Å². The van der Waals surface area contributed by atoms with Crippen molar-refractivity contribution in [2.45, 2.75) is 211 Å². The fourth-order valence-corrected chi connectivity index (χ4v) is 11.7. The monoisotopic (exact) mass is 1390 g/mol. The van der Waals surface area contributed by atoms with Gasteiger partial charge in [0, 0.05) is 43.5 Å². The van der Waals surface area contributed by atoms with Crippen LogP contribution in [0.5, 0.6) is 0 Å². The van der Waals surface area contributed by atoms with E-state index in [0.717, 1.165) is 0 Å². The van der Waals surface area contributed by atoms with Crippen LogP contribution < -0.4 is 75.7 Å². The Balaban J connectivity index is 1.76. The number of hydrogen-bond acceptors (Lipinski definition) is 19. The molecular weight excluding hydrogens is 1290 g/mol. The third-order valence-corrected chi connectivity index (χ3v) is 17.6. The highest BCUT2D eigenvalue weighted by Gasteiger charge is 2.39. The SMILES string of the molecule is CC[C@H](C)[C@@H]1NC(=O)[C@@H](CCCN)NC(=O)[C@@H](NC(=O)[C@@H](NC(=O)[C@@H](CCC(=O)O)NC(=O)[C@H](CC(C)C)NC(=O)[C@@H]2CSC([C@@H](N)C(C)C)=N2)C(C)C)CCCCNC(=O)[C@H](CC(N)=O)NC(=O)[C@@H](CC(=O)O)NC(=O)[C@H](Cc2cnc[nH]2)NC(=O)[C@@H](Cc2ccccc2)NC1=O. The molecule has 3 heterocycles. The van der Waals surface area contributed by atoms with Crippen LogP contribution in [0.15, 0.2) is 47.8 Å². The highest BCUT2D eigenvalue weighted by Crippen LogP contribution is 2.24. The highest BCUT2D eigenvalue weighted by molar-refractivity contribution is 8.14. The predicted molar refractivity (Wildman–Crippen MR) is 360 cm³/mol. The lowest BCUT2D eigenvalue weighted by Gasteiger charge is -2.30. The molecule has 0 radical (unpaired) electrons. The molecule has 34 heteroatoms. The zero-order valence-corrected chi connectivity index (χ0v) is 57.6. The first-order valence-corrected chi connectivity index (χ1v) is 34.0. The third-order valence-electron chi connectivity index (χ3n) is 16.4. The van der Waals surface area contributed by atoms with Gasteiger partial charge in [-0.3, -0.25) is 72.1 Å². The average Bonchev–Trinajstić information content (AvgIpc) is 1.25. The first-order valence-electron chi connectivity index (χ1n) is 33.0. The summed E-state index contributed by atoms with van der Waals surface area (Å²) in [7, 11) is 0. The van der Waals surface area contributed by atoms with E-state index in [1.54, 1.807) is 71.9 Å². The van der Waals surface area contributed by atoms with Gasteiger partial charge in [0.05, 0.1) is 30.3 Å². The van der Waals surface area contributed by atoms with Crippen LogP contribution in [-0.2, 0) is 80.0 Å². The maximum absolute atomic E-state index is 14.8. The number of amides is 12. The molecule has 0 unspecified atom stereocenters. The van der Waals surface area contributed by atoms with Crippen LogP contribution in [0.1, 0.15) is 137 Å². The number of nitrogens with zero attached hydrogens (tertiary/aromatic N) is 2. The van der Waals surface area contributed by atoms with E-state index in [1.807, 2.05) is 13.8 Å². The minimum Gasteiger partial charge on any atom is -0.481 e. The van der Waals surface area contributed by atoms with Crippen LogP contribution in [-0.4, -0.2) is 199 Å². The maximum atomic E-state index is 14.8. The van der Waals surface area contributed by atoms with Crippen molar-refractivity contribution in [1.82, 2.24) is 68.5 Å². The Bertz CT molecular complexity index is 3120. The number of imidazole rings is 1. The molecule has 4 rings (SSSR count). The second kappa shape index (κ2) is 40.6. The van der Waals surface area contributed by atoms with Gasteiger partial charge in [-0.2, -0.15) is 0 Å². The molecule has 0 bridgehead atoms. The number of primary amides is 1. The molecule has 20 N–H and O–H groups in total. The number of aliphatic imine (C=N–C) groups is 1. The van der Waals surface area contributed by atoms with E-state index in [-0.39, 0.29) is 88.5 Å². The maximum Gasteiger partial charge on any atom is 0.305 e. The number of nitrogens with one attached hydrogen (secondary N) is 12. The van der Waals surface area contributed by atoms with E-state index in [2.05, 4.69) is 73.4 Å². The molecule has 98 heavy (non-hydrogen) atoms. The zero-order valence-electron chi connectivity index (χ0n) is 56.7. The fourth-order valence-electron chi connectivity index (χ4n) is 10.5. The number of nitrogens with two attached hydrogens (primary N) is 3. The molecule has 13 atom stereocenters. The van der Waals surface area contributed by atoms with Gasteiger partial charge in [-0.15, -0.1) is 11.8 Å². The van der Waals surface area contributed by atoms with Crippen LogP contribution in [0.25, 0.3) is 0 Å². The number of H-pyrrole nitrogens is 1. The van der Waals surface area contributed by atoms with Crippen LogP contribution in [0.4, 0.5) is 0 Å². The zero-order chi connectivity index (χ0) is 72.9. The van der Waals surface area contributed by atoms with E-state index in [0.29, 0.717) is 16.3 Å². The molecule has 0 saturated carbocycles. The summed E-state index contributed by atoms with van der Waals surface area (Å²) in [6, 6.07) is -8.37. The molecule has 2 aromatic rings. The van der Waals surface area contributed by atoms with E-state index < -0.39 is 193 Å². The number of carbonyl (C=O) groups excluding carboxylic acids is 12. The van der Waals surface area contributed by atoms with Crippen LogP contribution in [0.2, 0.25) is 0 Å². The molecular formula is C64H99N17O16S. The quantitative estimate of drug-likeness (QED) is 0.0402. The number of aromatic amines is 1. The van der Waals surface area contributed by atoms with Gasteiger partial charge in [-0.1, -0.05) is 92.1 Å². The van der Waals surface area contributed by atoms with Crippen molar-refractivity contribution in [3.63, 3.8) is 0 Å². The Morgan fingerprint density at radius 1 is 0.673 bits per heavy atom. The number of aromatic nitrogens is 2. The van der Waals surface area contributed by atoms with Gasteiger partial charge in [0.1, 0.15) is 66.5 Å². The number of benzene rings is 1.